The quantitative estimate of drug-likeness (QED) is 0.159. The largest absolute Gasteiger partial charge is 0.459 e. The molecule has 8 heteroatoms. The summed E-state index contributed by atoms with van der Waals surface area (Å²) in [6, 6.07) is 37.6. The summed E-state index contributed by atoms with van der Waals surface area (Å²) >= 11 is 7.56. The molecule has 49 heavy (non-hydrogen) atoms. The number of thiazole rings is 1. The highest BCUT2D eigenvalue weighted by molar-refractivity contribution is 7.07. The minimum atomic E-state index is -0.729. The van der Waals surface area contributed by atoms with Crippen LogP contribution in [0.2, 0.25) is 5.02 Å². The number of fused-ring (bicyclic) bond motifs is 1. The number of carbonyl (C=O) groups is 1. The highest BCUT2D eigenvalue weighted by Gasteiger charge is 2.34. The van der Waals surface area contributed by atoms with Crippen molar-refractivity contribution < 1.29 is 9.53 Å². The Morgan fingerprint density at radius 1 is 0.878 bits per heavy atom. The number of allylic oxidation sites excluding steroid dienone is 1. The Morgan fingerprint density at radius 3 is 2.14 bits per heavy atom. The lowest BCUT2D eigenvalue weighted by Crippen LogP contribution is -2.40. The fraction of sp³-hybridized carbons (Fsp3) is 0.146. The molecule has 7 rings (SSSR count). The van der Waals surface area contributed by atoms with E-state index in [1.807, 2.05) is 54.6 Å². The van der Waals surface area contributed by atoms with Gasteiger partial charge in [-0.2, -0.15) is 0 Å². The highest BCUT2D eigenvalue weighted by atomic mass is 35.5. The summed E-state index contributed by atoms with van der Waals surface area (Å²) in [7, 11) is 0. The van der Waals surface area contributed by atoms with Crippen molar-refractivity contribution in [1.29, 1.82) is 0 Å². The average molecular weight is 684 g/mol. The minimum Gasteiger partial charge on any atom is -0.459 e. The number of aromatic nitrogens is 2. The van der Waals surface area contributed by atoms with E-state index in [2.05, 4.69) is 66.1 Å². The van der Waals surface area contributed by atoms with Crippen LogP contribution in [0.15, 0.2) is 136 Å². The van der Waals surface area contributed by atoms with Gasteiger partial charge >= 0.3 is 5.97 Å². The van der Waals surface area contributed by atoms with Crippen molar-refractivity contribution in [2.45, 2.75) is 39.8 Å². The van der Waals surface area contributed by atoms with Crippen LogP contribution >= 0.6 is 22.9 Å². The molecular formula is C41H34ClN3O3S. The molecule has 2 aromatic heterocycles. The maximum atomic E-state index is 14.6. The number of nitrogens with zero attached hydrogens (tertiary/aromatic N) is 3. The number of halogens is 1. The second kappa shape index (κ2) is 13.3. The summed E-state index contributed by atoms with van der Waals surface area (Å²) in [5, 5.41) is 0.559. The summed E-state index contributed by atoms with van der Waals surface area (Å²) in [4.78, 5) is 33.4. The zero-order valence-electron chi connectivity index (χ0n) is 27.6. The molecule has 0 aliphatic carbocycles. The Labute approximate surface area is 293 Å². The molecular weight excluding hydrogens is 650 g/mol. The maximum Gasteiger partial charge on any atom is 0.338 e. The Bertz CT molecular complexity index is 2390. The summed E-state index contributed by atoms with van der Waals surface area (Å²) in [6.45, 7) is 7.47. The van der Waals surface area contributed by atoms with Crippen molar-refractivity contribution >= 4 is 35.0 Å². The van der Waals surface area contributed by atoms with Crippen LogP contribution in [-0.2, 0) is 9.53 Å². The second-order valence-electron chi connectivity index (χ2n) is 12.3. The lowest BCUT2D eigenvalue weighted by atomic mass is 9.96. The van der Waals surface area contributed by atoms with E-state index in [0.29, 0.717) is 25.6 Å². The van der Waals surface area contributed by atoms with Crippen LogP contribution in [0.3, 0.4) is 0 Å². The van der Waals surface area contributed by atoms with Gasteiger partial charge in [0.1, 0.15) is 0 Å². The van der Waals surface area contributed by atoms with Crippen molar-refractivity contribution in [2.24, 2.45) is 4.99 Å². The SMILES string of the molecule is CC1=C(C(=O)OC(C)C)[C@@H](c2ccc(Cl)cc2)n2c(s/c(=C/c3cc(-c4ccccc4)n(-c4ccc(C)cc4)c3-c3ccccc3)c2=O)=N1. The molecule has 1 atom stereocenters. The molecule has 0 bridgehead atoms. The third kappa shape index (κ3) is 6.23. The molecule has 0 fully saturated rings. The zero-order valence-corrected chi connectivity index (χ0v) is 29.1. The molecule has 0 amide bonds. The van der Waals surface area contributed by atoms with Crippen LogP contribution < -0.4 is 14.9 Å². The molecule has 0 radical (unpaired) electrons. The molecule has 1 aliphatic rings. The van der Waals surface area contributed by atoms with Gasteiger partial charge in [-0.05, 0) is 80.8 Å². The number of aryl methyl sites for hydroxylation is 1. The summed E-state index contributed by atoms with van der Waals surface area (Å²) in [5.41, 5.74) is 8.42. The first-order valence-electron chi connectivity index (χ1n) is 16.1. The van der Waals surface area contributed by atoms with Crippen LogP contribution in [0.5, 0.6) is 0 Å². The van der Waals surface area contributed by atoms with Gasteiger partial charge < -0.3 is 9.30 Å². The first kappa shape index (κ1) is 32.3. The molecule has 244 valence electrons. The van der Waals surface area contributed by atoms with E-state index >= 15 is 0 Å². The number of carbonyl (C=O) groups excluding carboxylic acids is 1. The molecule has 0 unspecified atom stereocenters. The van der Waals surface area contributed by atoms with Gasteiger partial charge in [-0.3, -0.25) is 9.36 Å². The third-order valence-electron chi connectivity index (χ3n) is 8.50. The van der Waals surface area contributed by atoms with E-state index in [9.17, 15) is 9.59 Å². The van der Waals surface area contributed by atoms with Crippen LogP contribution in [0.1, 0.15) is 43.5 Å². The van der Waals surface area contributed by atoms with E-state index in [1.165, 1.54) is 16.9 Å². The Morgan fingerprint density at radius 2 is 1.51 bits per heavy atom. The second-order valence-corrected chi connectivity index (χ2v) is 13.8. The predicted octanol–water partition coefficient (Wildman–Crippen LogP) is 8.27. The van der Waals surface area contributed by atoms with Crippen LogP contribution in [0.25, 0.3) is 34.3 Å². The van der Waals surface area contributed by atoms with E-state index in [0.717, 1.165) is 39.3 Å². The number of benzene rings is 4. The molecule has 4 aromatic carbocycles. The number of hydrogen-bond acceptors (Lipinski definition) is 5. The van der Waals surface area contributed by atoms with Crippen molar-refractivity contribution in [1.82, 2.24) is 9.13 Å². The van der Waals surface area contributed by atoms with E-state index < -0.39 is 12.0 Å². The Hall–Kier alpha value is -5.24. The highest BCUT2D eigenvalue weighted by Crippen LogP contribution is 2.37. The Kier molecular flexibility index (Phi) is 8.80. The first-order chi connectivity index (χ1) is 23.7. The zero-order chi connectivity index (χ0) is 34.2. The van der Waals surface area contributed by atoms with Gasteiger partial charge in [-0.15, -0.1) is 0 Å². The summed E-state index contributed by atoms with van der Waals surface area (Å²) in [5.74, 6) is -0.500. The van der Waals surface area contributed by atoms with Gasteiger partial charge in [0.15, 0.2) is 4.80 Å². The van der Waals surface area contributed by atoms with Gasteiger partial charge in [0, 0.05) is 16.3 Å². The van der Waals surface area contributed by atoms with Gasteiger partial charge in [-0.1, -0.05) is 113 Å². The van der Waals surface area contributed by atoms with Gasteiger partial charge in [0.05, 0.1) is 39.3 Å². The molecule has 0 saturated heterocycles. The van der Waals surface area contributed by atoms with Crippen molar-refractivity contribution in [3.8, 4) is 28.2 Å². The Balaban J connectivity index is 1.50. The van der Waals surface area contributed by atoms with Crippen molar-refractivity contribution in [3.63, 3.8) is 0 Å². The van der Waals surface area contributed by atoms with Crippen LogP contribution in [0.4, 0.5) is 0 Å². The summed E-state index contributed by atoms with van der Waals surface area (Å²) < 4.78 is 10.0. The minimum absolute atomic E-state index is 0.241. The molecule has 3 heterocycles. The van der Waals surface area contributed by atoms with Crippen molar-refractivity contribution in [3.05, 3.63) is 168 Å². The van der Waals surface area contributed by atoms with Gasteiger partial charge in [0.2, 0.25) is 0 Å². The molecule has 1 aliphatic heterocycles. The maximum absolute atomic E-state index is 14.6. The summed E-state index contributed by atoms with van der Waals surface area (Å²) in [6.07, 6.45) is 1.61. The number of rotatable bonds is 7. The number of esters is 1. The average Bonchev–Trinajstić information content (AvgIpc) is 3.62. The van der Waals surface area contributed by atoms with Crippen LogP contribution in [-0.4, -0.2) is 21.2 Å². The molecule has 0 spiro atoms. The first-order valence-corrected chi connectivity index (χ1v) is 17.3. The standard InChI is InChI=1S/C41H34ClN3O3S/c1-25(2)48-40(47)36-27(4)43-41-45(38(36)30-17-19-32(42)20-18-30)39(46)35(49-41)24-31-23-34(28-11-7-5-8-12-28)44(33-21-15-26(3)16-22-33)37(31)29-13-9-6-10-14-29/h5-25,38H,1-4H3/b35-24+/t38-/m1/s1. The predicted molar refractivity (Wildman–Crippen MR) is 198 cm³/mol. The van der Waals surface area contributed by atoms with Crippen molar-refractivity contribution in [2.75, 3.05) is 0 Å². The van der Waals surface area contributed by atoms with E-state index in [-0.39, 0.29) is 11.7 Å². The molecule has 0 N–H and O–H groups in total. The van der Waals surface area contributed by atoms with Gasteiger partial charge in [-0.25, -0.2) is 9.79 Å². The van der Waals surface area contributed by atoms with E-state index in [4.69, 9.17) is 21.3 Å². The fourth-order valence-corrected chi connectivity index (χ4v) is 7.44. The lowest BCUT2D eigenvalue weighted by molar-refractivity contribution is -0.143. The monoisotopic (exact) mass is 683 g/mol. The third-order valence-corrected chi connectivity index (χ3v) is 9.73. The van der Waals surface area contributed by atoms with E-state index in [1.54, 1.807) is 37.5 Å². The smallest absolute Gasteiger partial charge is 0.338 e. The lowest BCUT2D eigenvalue weighted by Gasteiger charge is -2.25. The number of hydrogen-bond donors (Lipinski definition) is 0. The molecule has 6 aromatic rings. The normalized spacial score (nSPS) is 14.6. The number of ether oxygens (including phenoxy) is 1. The molecule has 6 nitrogen and oxygen atoms in total. The van der Waals surface area contributed by atoms with Crippen LogP contribution in [0, 0.1) is 6.92 Å². The fourth-order valence-electron chi connectivity index (χ4n) is 6.28. The molecule has 0 saturated carbocycles. The topological polar surface area (TPSA) is 65.6 Å². The van der Waals surface area contributed by atoms with Gasteiger partial charge in [0.25, 0.3) is 5.56 Å².